The topological polar surface area (TPSA) is 237 Å². The molecule has 0 saturated heterocycles. The first kappa shape index (κ1) is 96.1. The highest BCUT2D eigenvalue weighted by Crippen LogP contribution is 2.45. The summed E-state index contributed by atoms with van der Waals surface area (Å²) in [6.45, 7) is 9.66. The zero-order valence-corrected chi connectivity index (χ0v) is 65.9. The van der Waals surface area contributed by atoms with E-state index >= 15 is 0 Å². The Balaban J connectivity index is 5.25. The van der Waals surface area contributed by atoms with Gasteiger partial charge in [0.2, 0.25) is 0 Å². The van der Waals surface area contributed by atoms with Gasteiger partial charge in [0.05, 0.1) is 26.4 Å². The van der Waals surface area contributed by atoms with Crippen molar-refractivity contribution in [3.8, 4) is 0 Å². The van der Waals surface area contributed by atoms with Crippen molar-refractivity contribution in [3.05, 3.63) is 0 Å². The van der Waals surface area contributed by atoms with Crippen molar-refractivity contribution in [2.24, 2.45) is 11.8 Å². The van der Waals surface area contributed by atoms with Gasteiger partial charge in [-0.2, -0.15) is 0 Å². The second kappa shape index (κ2) is 70.7. The van der Waals surface area contributed by atoms with Crippen LogP contribution < -0.4 is 0 Å². The Labute approximate surface area is 600 Å². The van der Waals surface area contributed by atoms with Gasteiger partial charge in [0.25, 0.3) is 0 Å². The van der Waals surface area contributed by atoms with E-state index in [2.05, 4.69) is 41.5 Å². The number of esters is 4. The van der Waals surface area contributed by atoms with Crippen LogP contribution in [0.5, 0.6) is 0 Å². The molecule has 0 bridgehead atoms. The number of aliphatic hydroxyl groups is 1. The molecule has 0 aromatic rings. The molecule has 0 rings (SSSR count). The van der Waals surface area contributed by atoms with E-state index in [0.717, 1.165) is 102 Å². The number of unbranched alkanes of at least 4 members (excludes halogenated alkanes) is 47. The number of phosphoric acid groups is 2. The third-order valence-corrected chi connectivity index (χ3v) is 20.7. The minimum atomic E-state index is -4.96. The molecule has 0 aliphatic heterocycles. The van der Waals surface area contributed by atoms with Crippen LogP contribution in [-0.4, -0.2) is 96.7 Å². The first-order chi connectivity index (χ1) is 47.4. The zero-order chi connectivity index (χ0) is 72.1. The summed E-state index contributed by atoms with van der Waals surface area (Å²) in [6.07, 6.45) is 59.5. The molecule has 3 N–H and O–H groups in total. The molecule has 19 heteroatoms. The van der Waals surface area contributed by atoms with Crippen LogP contribution in [0.15, 0.2) is 0 Å². The number of ether oxygens (including phenoxy) is 4. The zero-order valence-electron chi connectivity index (χ0n) is 64.1. The van der Waals surface area contributed by atoms with E-state index in [1.165, 1.54) is 231 Å². The van der Waals surface area contributed by atoms with Crippen LogP contribution in [0.1, 0.15) is 414 Å². The fourth-order valence-electron chi connectivity index (χ4n) is 12.2. The Bertz CT molecular complexity index is 1890. The summed E-state index contributed by atoms with van der Waals surface area (Å²) in [5.74, 6) is -0.512. The summed E-state index contributed by atoms with van der Waals surface area (Å²) in [7, 11) is -9.92. The van der Waals surface area contributed by atoms with E-state index in [-0.39, 0.29) is 25.7 Å². The Morgan fingerprint density at radius 3 is 0.776 bits per heavy atom. The van der Waals surface area contributed by atoms with Crippen LogP contribution >= 0.6 is 15.6 Å². The largest absolute Gasteiger partial charge is 0.472 e. The molecular weight excluding hydrogens is 1280 g/mol. The van der Waals surface area contributed by atoms with Crippen LogP contribution in [0.4, 0.5) is 0 Å². The second-order valence-corrected chi connectivity index (χ2v) is 32.1. The molecule has 0 radical (unpaired) electrons. The smallest absolute Gasteiger partial charge is 0.462 e. The predicted octanol–water partition coefficient (Wildman–Crippen LogP) is 23.5. The quantitative estimate of drug-likeness (QED) is 0.0222. The van der Waals surface area contributed by atoms with Gasteiger partial charge in [0.1, 0.15) is 19.3 Å². The number of hydrogen-bond donors (Lipinski definition) is 3. The van der Waals surface area contributed by atoms with Crippen molar-refractivity contribution >= 4 is 39.5 Å². The Kier molecular flexibility index (Phi) is 69.3. The molecule has 0 fully saturated rings. The summed E-state index contributed by atoms with van der Waals surface area (Å²) in [5, 5.41) is 10.6. The molecule has 0 aromatic heterocycles. The van der Waals surface area contributed by atoms with Gasteiger partial charge in [-0.05, 0) is 37.5 Å². The number of rotatable bonds is 78. The van der Waals surface area contributed by atoms with Gasteiger partial charge in [0.15, 0.2) is 12.2 Å². The van der Waals surface area contributed by atoms with Crippen LogP contribution in [-0.2, 0) is 65.4 Å². The highest BCUT2D eigenvalue weighted by Gasteiger charge is 2.30. The third-order valence-electron chi connectivity index (χ3n) is 18.8. The van der Waals surface area contributed by atoms with E-state index in [0.29, 0.717) is 25.7 Å². The van der Waals surface area contributed by atoms with Crippen LogP contribution in [0.3, 0.4) is 0 Å². The average Bonchev–Trinajstić information content (AvgIpc) is 1.30. The van der Waals surface area contributed by atoms with Gasteiger partial charge in [0, 0.05) is 25.7 Å². The lowest BCUT2D eigenvalue weighted by atomic mass is 9.99. The molecule has 3 unspecified atom stereocenters. The number of carbonyl (C=O) groups excluding carboxylic acids is 4. The molecule has 98 heavy (non-hydrogen) atoms. The maximum Gasteiger partial charge on any atom is 0.472 e. The monoisotopic (exact) mass is 1440 g/mol. The number of carbonyl (C=O) groups is 4. The van der Waals surface area contributed by atoms with Gasteiger partial charge in [-0.3, -0.25) is 37.3 Å². The van der Waals surface area contributed by atoms with Crippen molar-refractivity contribution in [1.82, 2.24) is 0 Å². The molecule has 17 nitrogen and oxygen atoms in total. The highest BCUT2D eigenvalue weighted by atomic mass is 31.2. The molecule has 0 amide bonds. The van der Waals surface area contributed by atoms with E-state index in [4.69, 9.17) is 37.0 Å². The predicted molar refractivity (Wildman–Crippen MR) is 400 cm³/mol. The molecule has 0 aromatic carbocycles. The number of phosphoric ester groups is 2. The fraction of sp³-hybridized carbons (Fsp3) is 0.949. The SMILES string of the molecule is CCCCCCCCCCCCCCCCCCCC(=O)OC[C@H](COP(=O)(O)OC[C@@H](O)COP(=O)(O)OC[C@@H](COC(=O)CCCCCCCCCCCC)OC(=O)CCCCCCCCCCCCC(C)CC)OC(=O)CCCCCCCCCCCCCCCCC(C)C. The summed E-state index contributed by atoms with van der Waals surface area (Å²) >= 11 is 0. The van der Waals surface area contributed by atoms with Crippen LogP contribution in [0.2, 0.25) is 0 Å². The molecule has 0 saturated carbocycles. The summed E-state index contributed by atoms with van der Waals surface area (Å²) in [6, 6.07) is 0. The summed E-state index contributed by atoms with van der Waals surface area (Å²) < 4.78 is 68.7. The molecule has 6 atom stereocenters. The summed E-state index contributed by atoms with van der Waals surface area (Å²) in [5.41, 5.74) is 0. The van der Waals surface area contributed by atoms with Crippen molar-refractivity contribution in [3.63, 3.8) is 0 Å². The normalized spacial score (nSPS) is 14.2. The Morgan fingerprint density at radius 2 is 0.520 bits per heavy atom. The number of aliphatic hydroxyl groups excluding tert-OH is 1. The number of hydrogen-bond acceptors (Lipinski definition) is 15. The maximum absolute atomic E-state index is 13.1. The van der Waals surface area contributed by atoms with Crippen LogP contribution in [0, 0.1) is 11.8 Å². The van der Waals surface area contributed by atoms with Crippen molar-refractivity contribution in [1.29, 1.82) is 0 Å². The van der Waals surface area contributed by atoms with Crippen LogP contribution in [0.25, 0.3) is 0 Å². The minimum Gasteiger partial charge on any atom is -0.462 e. The van der Waals surface area contributed by atoms with Gasteiger partial charge in [-0.25, -0.2) is 9.13 Å². The van der Waals surface area contributed by atoms with Crippen molar-refractivity contribution < 1.29 is 80.2 Å². The molecule has 0 spiro atoms. The second-order valence-electron chi connectivity index (χ2n) is 29.2. The molecule has 0 aliphatic rings. The minimum absolute atomic E-state index is 0.107. The van der Waals surface area contributed by atoms with Gasteiger partial charge < -0.3 is 33.8 Å². The first-order valence-electron chi connectivity index (χ1n) is 41.0. The van der Waals surface area contributed by atoms with Gasteiger partial charge >= 0.3 is 39.5 Å². The molecular formula is C79H154O17P2. The highest BCUT2D eigenvalue weighted by molar-refractivity contribution is 7.47. The van der Waals surface area contributed by atoms with Crippen molar-refractivity contribution in [2.75, 3.05) is 39.6 Å². The lowest BCUT2D eigenvalue weighted by molar-refractivity contribution is -0.161. The van der Waals surface area contributed by atoms with Crippen molar-refractivity contribution in [2.45, 2.75) is 432 Å². The maximum atomic E-state index is 13.1. The standard InChI is InChI=1S/C79H154O17P2/c1-7-10-12-14-16-18-20-21-22-23-24-28-31-38-44-50-56-62-77(82)90-68-75(95-78(83)63-57-51-45-39-32-29-26-25-27-30-35-41-47-53-59-71(4)5)70-94-98(87,88)92-66-73(80)65-91-97(85,86)93-69-74(67-89-76(81)61-55-49-43-37-19-17-15-13-11-8-2)96-79(84)64-58-52-46-40-34-33-36-42-48-54-60-72(6)9-3/h71-75,80H,7-70H2,1-6H3,(H,85,86)(H,87,88)/t72?,73-,74+,75+/m0/s1. The lowest BCUT2D eigenvalue weighted by Crippen LogP contribution is -2.30. The van der Waals surface area contributed by atoms with Gasteiger partial charge in [-0.15, -0.1) is 0 Å². The Hall–Kier alpha value is -1.94. The molecule has 0 aliphatic carbocycles. The summed E-state index contributed by atoms with van der Waals surface area (Å²) in [4.78, 5) is 72.9. The van der Waals surface area contributed by atoms with E-state index in [1.54, 1.807) is 0 Å². The first-order valence-corrected chi connectivity index (χ1v) is 44.0. The van der Waals surface area contributed by atoms with Gasteiger partial charge in [-0.1, -0.05) is 363 Å². The fourth-order valence-corrected chi connectivity index (χ4v) is 13.7. The molecule has 0 heterocycles. The lowest BCUT2D eigenvalue weighted by Gasteiger charge is -2.21. The Morgan fingerprint density at radius 1 is 0.296 bits per heavy atom. The van der Waals surface area contributed by atoms with E-state index < -0.39 is 97.5 Å². The third kappa shape index (κ3) is 71.1. The van der Waals surface area contributed by atoms with E-state index in [9.17, 15) is 43.2 Å². The molecule has 582 valence electrons. The average molecular weight is 1440 g/mol. The van der Waals surface area contributed by atoms with E-state index in [1.807, 2.05) is 0 Å².